The summed E-state index contributed by atoms with van der Waals surface area (Å²) in [5, 5.41) is 1.72. The fourth-order valence-electron chi connectivity index (χ4n) is 2.87. The molecule has 0 radical (unpaired) electrons. The van der Waals surface area contributed by atoms with Crippen LogP contribution in [0.5, 0.6) is 0 Å². The second kappa shape index (κ2) is 5.61. The zero-order chi connectivity index (χ0) is 15.6. The first kappa shape index (κ1) is 13.6. The summed E-state index contributed by atoms with van der Waals surface area (Å²) in [7, 11) is 0. The lowest BCUT2D eigenvalue weighted by molar-refractivity contribution is 1.04. The van der Waals surface area contributed by atoms with Gasteiger partial charge in [0.2, 0.25) is 0 Å². The number of nitrogens with zero attached hydrogens (tertiary/aromatic N) is 1. The summed E-state index contributed by atoms with van der Waals surface area (Å²) in [6, 6.07) is 22.1. The van der Waals surface area contributed by atoms with Gasteiger partial charge in [0.05, 0.1) is 0 Å². The number of hydrogen-bond acceptors (Lipinski definition) is 1. The molecule has 0 unspecified atom stereocenters. The van der Waals surface area contributed by atoms with E-state index in [1.165, 1.54) is 5.56 Å². The minimum Gasteiger partial charge on any atom is -0.325 e. The number of rotatable bonds is 3. The predicted molar refractivity (Wildman–Crippen MR) is 93.1 cm³/mol. The van der Waals surface area contributed by atoms with Crippen molar-refractivity contribution in [3.05, 3.63) is 101 Å². The lowest BCUT2D eigenvalue weighted by atomic mass is 10.1. The van der Waals surface area contributed by atoms with Crippen LogP contribution in [0.15, 0.2) is 83.9 Å². The number of pyridine rings is 1. The monoisotopic (exact) mass is 300 g/mol. The quantitative estimate of drug-likeness (QED) is 0.612. The normalized spacial score (nSPS) is 11.0. The molecule has 2 aromatic carbocycles. The third kappa shape index (κ3) is 2.69. The molecule has 112 valence electrons. The molecule has 0 aliphatic heterocycles. The summed E-state index contributed by atoms with van der Waals surface area (Å²) < 4.78 is 2.07. The van der Waals surface area contributed by atoms with Crippen molar-refractivity contribution in [2.24, 2.45) is 0 Å². The standard InChI is InChI=1S/C20H16N2O/c23-20-19-6-2-1-5-16(19)14-17(21-20)13-15-7-9-18(10-8-15)22-11-3-4-12-22/h1-12,14H,13H2,(H,21,23). The van der Waals surface area contributed by atoms with Crippen molar-refractivity contribution in [3.63, 3.8) is 0 Å². The van der Waals surface area contributed by atoms with Gasteiger partial charge in [-0.3, -0.25) is 4.79 Å². The van der Waals surface area contributed by atoms with Crippen LogP contribution < -0.4 is 5.56 Å². The van der Waals surface area contributed by atoms with Crippen LogP contribution in [0.25, 0.3) is 16.5 Å². The van der Waals surface area contributed by atoms with Gasteiger partial charge in [-0.25, -0.2) is 0 Å². The Balaban J connectivity index is 1.64. The highest BCUT2D eigenvalue weighted by molar-refractivity contribution is 5.81. The minimum absolute atomic E-state index is 0.0259. The number of hydrogen-bond donors (Lipinski definition) is 1. The molecule has 4 aromatic rings. The zero-order valence-electron chi connectivity index (χ0n) is 12.6. The van der Waals surface area contributed by atoms with Crippen LogP contribution in [0.4, 0.5) is 0 Å². The van der Waals surface area contributed by atoms with Gasteiger partial charge in [0.15, 0.2) is 0 Å². The highest BCUT2D eigenvalue weighted by Crippen LogP contribution is 2.15. The van der Waals surface area contributed by atoms with Crippen molar-refractivity contribution in [3.8, 4) is 5.69 Å². The largest absolute Gasteiger partial charge is 0.325 e. The first-order valence-corrected chi connectivity index (χ1v) is 7.63. The molecule has 0 bridgehead atoms. The lowest BCUT2D eigenvalue weighted by Gasteiger charge is -2.07. The number of aromatic amines is 1. The second-order valence-electron chi connectivity index (χ2n) is 5.64. The third-order valence-corrected chi connectivity index (χ3v) is 4.04. The van der Waals surface area contributed by atoms with E-state index in [0.717, 1.165) is 22.2 Å². The van der Waals surface area contributed by atoms with Crippen LogP contribution in [-0.2, 0) is 6.42 Å². The Hall–Kier alpha value is -3.07. The summed E-state index contributed by atoms with van der Waals surface area (Å²) in [6.07, 6.45) is 4.76. The zero-order valence-corrected chi connectivity index (χ0v) is 12.6. The molecule has 0 saturated carbocycles. The van der Waals surface area contributed by atoms with Crippen molar-refractivity contribution in [1.29, 1.82) is 0 Å². The maximum Gasteiger partial charge on any atom is 0.256 e. The SMILES string of the molecule is O=c1[nH]c(Cc2ccc(-n3cccc3)cc2)cc2ccccc12. The molecule has 3 heteroatoms. The first-order chi connectivity index (χ1) is 11.3. The van der Waals surface area contributed by atoms with Gasteiger partial charge in [-0.05, 0) is 47.3 Å². The number of aromatic nitrogens is 2. The van der Waals surface area contributed by atoms with E-state index in [2.05, 4.69) is 39.9 Å². The summed E-state index contributed by atoms with van der Waals surface area (Å²) in [5.41, 5.74) is 3.21. The average Bonchev–Trinajstić information content (AvgIpc) is 3.10. The Labute approximate surface area is 133 Å². The van der Waals surface area contributed by atoms with Gasteiger partial charge in [0, 0.05) is 35.6 Å². The predicted octanol–water partition coefficient (Wildman–Crippen LogP) is 3.91. The van der Waals surface area contributed by atoms with Gasteiger partial charge < -0.3 is 9.55 Å². The Bertz CT molecular complexity index is 996. The fraction of sp³-hybridized carbons (Fsp3) is 0.0500. The maximum atomic E-state index is 12.1. The molecule has 0 spiro atoms. The molecule has 0 aliphatic rings. The van der Waals surface area contributed by atoms with E-state index in [1.54, 1.807) is 0 Å². The van der Waals surface area contributed by atoms with Gasteiger partial charge in [0.1, 0.15) is 0 Å². The molecule has 0 atom stereocenters. The highest BCUT2D eigenvalue weighted by atomic mass is 16.1. The number of fused-ring (bicyclic) bond motifs is 1. The van der Waals surface area contributed by atoms with Gasteiger partial charge in [-0.1, -0.05) is 30.3 Å². The molecule has 0 fully saturated rings. The summed E-state index contributed by atoms with van der Waals surface area (Å²) in [6.45, 7) is 0. The Kier molecular flexibility index (Phi) is 3.31. The van der Waals surface area contributed by atoms with Crippen molar-refractivity contribution in [2.75, 3.05) is 0 Å². The number of H-pyrrole nitrogens is 1. The minimum atomic E-state index is -0.0259. The van der Waals surface area contributed by atoms with E-state index in [4.69, 9.17) is 0 Å². The van der Waals surface area contributed by atoms with E-state index >= 15 is 0 Å². The molecule has 23 heavy (non-hydrogen) atoms. The van der Waals surface area contributed by atoms with Crippen LogP contribution in [0.3, 0.4) is 0 Å². The van der Waals surface area contributed by atoms with Crippen LogP contribution in [-0.4, -0.2) is 9.55 Å². The van der Waals surface area contributed by atoms with Gasteiger partial charge >= 0.3 is 0 Å². The van der Waals surface area contributed by atoms with E-state index in [1.807, 2.05) is 48.8 Å². The number of nitrogens with one attached hydrogen (secondary N) is 1. The molecule has 0 amide bonds. The van der Waals surface area contributed by atoms with E-state index in [-0.39, 0.29) is 5.56 Å². The Morgan fingerprint density at radius 1 is 0.870 bits per heavy atom. The van der Waals surface area contributed by atoms with Crippen LogP contribution >= 0.6 is 0 Å². The van der Waals surface area contributed by atoms with Gasteiger partial charge in [0.25, 0.3) is 5.56 Å². The van der Waals surface area contributed by atoms with Gasteiger partial charge in [-0.2, -0.15) is 0 Å². The van der Waals surface area contributed by atoms with Crippen molar-refractivity contribution in [2.45, 2.75) is 6.42 Å². The van der Waals surface area contributed by atoms with Crippen LogP contribution in [0.2, 0.25) is 0 Å². The summed E-state index contributed by atoms with van der Waals surface area (Å²) in [5.74, 6) is 0. The highest BCUT2D eigenvalue weighted by Gasteiger charge is 2.03. The molecule has 0 saturated heterocycles. The molecule has 1 N–H and O–H groups in total. The Morgan fingerprint density at radius 3 is 2.39 bits per heavy atom. The molecule has 0 aliphatic carbocycles. The summed E-state index contributed by atoms with van der Waals surface area (Å²) >= 11 is 0. The van der Waals surface area contributed by atoms with Crippen LogP contribution in [0, 0.1) is 0 Å². The molecule has 2 aromatic heterocycles. The third-order valence-electron chi connectivity index (χ3n) is 4.04. The molecule has 3 nitrogen and oxygen atoms in total. The topological polar surface area (TPSA) is 37.8 Å². The van der Waals surface area contributed by atoms with E-state index in [9.17, 15) is 4.79 Å². The van der Waals surface area contributed by atoms with E-state index < -0.39 is 0 Å². The Morgan fingerprint density at radius 2 is 1.61 bits per heavy atom. The van der Waals surface area contributed by atoms with Crippen LogP contribution in [0.1, 0.15) is 11.3 Å². The summed E-state index contributed by atoms with van der Waals surface area (Å²) in [4.78, 5) is 15.1. The first-order valence-electron chi connectivity index (χ1n) is 7.63. The number of benzene rings is 2. The smallest absolute Gasteiger partial charge is 0.256 e. The molecule has 2 heterocycles. The molecular weight excluding hydrogens is 284 g/mol. The second-order valence-corrected chi connectivity index (χ2v) is 5.64. The fourth-order valence-corrected chi connectivity index (χ4v) is 2.87. The van der Waals surface area contributed by atoms with Crippen molar-refractivity contribution in [1.82, 2.24) is 9.55 Å². The van der Waals surface area contributed by atoms with Crippen molar-refractivity contribution < 1.29 is 0 Å². The molecular formula is C20H16N2O. The van der Waals surface area contributed by atoms with Gasteiger partial charge in [-0.15, -0.1) is 0 Å². The molecule has 4 rings (SSSR count). The maximum absolute atomic E-state index is 12.1. The average molecular weight is 300 g/mol. The lowest BCUT2D eigenvalue weighted by Crippen LogP contribution is -2.09. The van der Waals surface area contributed by atoms with Crippen molar-refractivity contribution >= 4 is 10.8 Å². The van der Waals surface area contributed by atoms with E-state index in [0.29, 0.717) is 6.42 Å².